The van der Waals surface area contributed by atoms with Crippen LogP contribution in [-0.4, -0.2) is 71.7 Å². The summed E-state index contributed by atoms with van der Waals surface area (Å²) in [7, 11) is 1.55. The molecule has 39 heavy (non-hydrogen) atoms. The molecule has 2 aliphatic rings. The second kappa shape index (κ2) is 11.7. The van der Waals surface area contributed by atoms with Crippen LogP contribution in [0.4, 0.5) is 17.6 Å². The predicted molar refractivity (Wildman–Crippen MR) is 140 cm³/mol. The lowest BCUT2D eigenvalue weighted by atomic mass is 9.83. The Morgan fingerprint density at radius 2 is 1.56 bits per heavy atom. The van der Waals surface area contributed by atoms with E-state index in [4.69, 9.17) is 0 Å². The number of nitrogens with zero attached hydrogens (tertiary/aromatic N) is 3. The second-order valence-corrected chi connectivity index (χ2v) is 11.1. The summed E-state index contributed by atoms with van der Waals surface area (Å²) >= 11 is 3.08. The summed E-state index contributed by atoms with van der Waals surface area (Å²) in [5, 5.41) is 0. The van der Waals surface area contributed by atoms with Gasteiger partial charge >= 0.3 is 6.18 Å². The third-order valence-electron chi connectivity index (χ3n) is 7.77. The van der Waals surface area contributed by atoms with Crippen molar-refractivity contribution in [1.29, 1.82) is 0 Å². The molecule has 0 bridgehead atoms. The lowest BCUT2D eigenvalue weighted by molar-refractivity contribution is -0.141. The first-order valence-corrected chi connectivity index (χ1v) is 13.6. The number of hydrogen-bond acceptors (Lipinski definition) is 3. The molecule has 0 N–H and O–H groups in total. The number of carbonyl (C=O) groups is 3. The number of benzene rings is 2. The van der Waals surface area contributed by atoms with E-state index in [0.717, 1.165) is 17.7 Å². The molecular weight excluding hydrogens is 582 g/mol. The molecule has 3 amide bonds. The number of amides is 3. The zero-order valence-electron chi connectivity index (χ0n) is 21.7. The molecular formula is C28H30BrF4N3O3. The van der Waals surface area contributed by atoms with Crippen LogP contribution in [0.3, 0.4) is 0 Å². The SMILES string of the molecule is CC(=O)N1CCC(C(=O)N2CC[C@@H](N(C)C(=O)c3cc(Br)cc(C(F)(F)F)c3)[C@H](c3ccc(F)cc3)C2)CC1. The van der Waals surface area contributed by atoms with Crippen LogP contribution in [0.2, 0.25) is 0 Å². The average molecular weight is 612 g/mol. The van der Waals surface area contributed by atoms with Gasteiger partial charge < -0.3 is 14.7 Å². The second-order valence-electron chi connectivity index (χ2n) is 10.2. The highest BCUT2D eigenvalue weighted by Crippen LogP contribution is 2.35. The Hall–Kier alpha value is -2.95. The third-order valence-corrected chi connectivity index (χ3v) is 8.22. The van der Waals surface area contributed by atoms with Gasteiger partial charge in [-0.25, -0.2) is 4.39 Å². The minimum Gasteiger partial charge on any atom is -0.343 e. The van der Waals surface area contributed by atoms with Crippen LogP contribution in [0.1, 0.15) is 53.6 Å². The Labute approximate surface area is 233 Å². The molecule has 0 unspecified atom stereocenters. The lowest BCUT2D eigenvalue weighted by Crippen LogP contribution is -2.53. The summed E-state index contributed by atoms with van der Waals surface area (Å²) < 4.78 is 54.0. The normalized spacial score (nSPS) is 20.6. The van der Waals surface area contributed by atoms with Gasteiger partial charge in [0.2, 0.25) is 11.8 Å². The number of likely N-dealkylation sites (tertiary alicyclic amines) is 2. The van der Waals surface area contributed by atoms with E-state index in [1.807, 2.05) is 0 Å². The van der Waals surface area contributed by atoms with E-state index < -0.39 is 29.5 Å². The fourth-order valence-corrected chi connectivity index (χ4v) is 6.06. The number of likely N-dealkylation sites (N-methyl/N-ethyl adjacent to an activating group) is 1. The fourth-order valence-electron chi connectivity index (χ4n) is 5.57. The molecule has 2 aromatic rings. The molecule has 2 heterocycles. The number of hydrogen-bond donors (Lipinski definition) is 0. The maximum Gasteiger partial charge on any atom is 0.416 e. The zero-order chi connectivity index (χ0) is 28.5. The fraction of sp³-hybridized carbons (Fsp3) is 0.464. The average Bonchev–Trinajstić information content (AvgIpc) is 2.91. The first kappa shape index (κ1) is 29.0. The van der Waals surface area contributed by atoms with Gasteiger partial charge in [-0.3, -0.25) is 14.4 Å². The highest BCUT2D eigenvalue weighted by atomic mass is 79.9. The monoisotopic (exact) mass is 611 g/mol. The highest BCUT2D eigenvalue weighted by molar-refractivity contribution is 9.10. The van der Waals surface area contributed by atoms with Gasteiger partial charge in [-0.15, -0.1) is 0 Å². The molecule has 2 fully saturated rings. The number of carbonyl (C=O) groups excluding carboxylic acids is 3. The molecule has 0 aliphatic carbocycles. The summed E-state index contributed by atoms with van der Waals surface area (Å²) in [5.41, 5.74) is -0.303. The minimum atomic E-state index is -4.61. The Bertz CT molecular complexity index is 1230. The molecule has 210 valence electrons. The molecule has 0 aromatic heterocycles. The van der Waals surface area contributed by atoms with Gasteiger partial charge in [0.1, 0.15) is 5.82 Å². The minimum absolute atomic E-state index is 0.0143. The van der Waals surface area contributed by atoms with Crippen molar-refractivity contribution < 1.29 is 31.9 Å². The van der Waals surface area contributed by atoms with E-state index in [9.17, 15) is 31.9 Å². The van der Waals surface area contributed by atoms with Crippen molar-refractivity contribution in [3.05, 3.63) is 69.4 Å². The molecule has 0 radical (unpaired) electrons. The van der Waals surface area contributed by atoms with E-state index in [0.29, 0.717) is 38.9 Å². The van der Waals surface area contributed by atoms with Crippen molar-refractivity contribution >= 4 is 33.7 Å². The Balaban J connectivity index is 1.56. The topological polar surface area (TPSA) is 60.9 Å². The Morgan fingerprint density at radius 3 is 2.15 bits per heavy atom. The molecule has 2 saturated heterocycles. The van der Waals surface area contributed by atoms with Gasteiger partial charge in [0.25, 0.3) is 5.91 Å². The van der Waals surface area contributed by atoms with E-state index in [1.165, 1.54) is 30.0 Å². The van der Waals surface area contributed by atoms with Gasteiger partial charge in [0.05, 0.1) is 5.56 Å². The van der Waals surface area contributed by atoms with Crippen molar-refractivity contribution in [2.45, 2.75) is 44.3 Å². The summed E-state index contributed by atoms with van der Waals surface area (Å²) in [6.07, 6.45) is -3.06. The highest BCUT2D eigenvalue weighted by Gasteiger charge is 2.39. The largest absolute Gasteiger partial charge is 0.416 e. The number of rotatable bonds is 4. The van der Waals surface area contributed by atoms with E-state index in [-0.39, 0.29) is 40.2 Å². The quantitative estimate of drug-likeness (QED) is 0.440. The van der Waals surface area contributed by atoms with Gasteiger partial charge in [0, 0.05) is 68.1 Å². The Morgan fingerprint density at radius 1 is 0.949 bits per heavy atom. The van der Waals surface area contributed by atoms with Crippen LogP contribution < -0.4 is 0 Å². The molecule has 0 spiro atoms. The molecule has 4 rings (SSSR count). The van der Waals surface area contributed by atoms with Crippen LogP contribution in [0.25, 0.3) is 0 Å². The van der Waals surface area contributed by atoms with Crippen LogP contribution in [0, 0.1) is 11.7 Å². The molecule has 2 atom stereocenters. The zero-order valence-corrected chi connectivity index (χ0v) is 23.3. The Kier molecular flexibility index (Phi) is 8.68. The van der Waals surface area contributed by atoms with Gasteiger partial charge in [-0.1, -0.05) is 28.1 Å². The van der Waals surface area contributed by atoms with Gasteiger partial charge in [-0.2, -0.15) is 13.2 Å². The maximum atomic E-state index is 13.7. The summed E-state index contributed by atoms with van der Waals surface area (Å²) in [6, 6.07) is 8.54. The smallest absolute Gasteiger partial charge is 0.343 e. The lowest BCUT2D eigenvalue weighted by Gasteiger charge is -2.44. The van der Waals surface area contributed by atoms with Gasteiger partial charge in [0.15, 0.2) is 0 Å². The van der Waals surface area contributed by atoms with Crippen molar-refractivity contribution in [2.75, 3.05) is 33.2 Å². The molecule has 0 saturated carbocycles. The standard InChI is InChI=1S/C28H30BrF4N3O3/c1-17(37)35-10-7-19(8-11-35)27(39)36-12-9-25(24(16-36)18-3-5-23(30)6-4-18)34(2)26(38)20-13-21(28(31,32)33)15-22(29)14-20/h3-6,13-15,19,24-25H,7-12,16H2,1-2H3/t24-,25+/m0/s1. The van der Waals surface area contributed by atoms with E-state index in [2.05, 4.69) is 15.9 Å². The van der Waals surface area contributed by atoms with Gasteiger partial charge in [-0.05, 0) is 55.2 Å². The predicted octanol–water partition coefficient (Wildman–Crippen LogP) is 5.32. The first-order valence-electron chi connectivity index (χ1n) is 12.8. The third kappa shape index (κ3) is 6.62. The van der Waals surface area contributed by atoms with Crippen molar-refractivity contribution in [1.82, 2.24) is 14.7 Å². The molecule has 2 aliphatic heterocycles. The molecule has 2 aromatic carbocycles. The van der Waals surface area contributed by atoms with E-state index >= 15 is 0 Å². The van der Waals surface area contributed by atoms with Crippen LogP contribution >= 0.6 is 15.9 Å². The van der Waals surface area contributed by atoms with Crippen LogP contribution in [-0.2, 0) is 15.8 Å². The van der Waals surface area contributed by atoms with E-state index in [1.54, 1.807) is 29.0 Å². The van der Waals surface area contributed by atoms with Crippen LogP contribution in [0.5, 0.6) is 0 Å². The summed E-state index contributed by atoms with van der Waals surface area (Å²) in [5.74, 6) is -1.61. The number of piperidine rings is 2. The van der Waals surface area contributed by atoms with Crippen molar-refractivity contribution in [2.24, 2.45) is 5.92 Å². The maximum absolute atomic E-state index is 13.7. The molecule has 6 nitrogen and oxygen atoms in total. The number of halogens is 5. The summed E-state index contributed by atoms with van der Waals surface area (Å²) in [4.78, 5) is 43.4. The summed E-state index contributed by atoms with van der Waals surface area (Å²) in [6.45, 7) is 3.21. The first-order chi connectivity index (χ1) is 18.3. The number of alkyl halides is 3. The molecule has 11 heteroatoms. The van der Waals surface area contributed by atoms with Crippen molar-refractivity contribution in [3.8, 4) is 0 Å². The van der Waals surface area contributed by atoms with Crippen molar-refractivity contribution in [3.63, 3.8) is 0 Å². The van der Waals surface area contributed by atoms with Crippen LogP contribution in [0.15, 0.2) is 46.9 Å².